The van der Waals surface area contributed by atoms with E-state index < -0.39 is 29.6 Å². The van der Waals surface area contributed by atoms with E-state index in [0.29, 0.717) is 0 Å². The predicted octanol–water partition coefficient (Wildman–Crippen LogP) is 2.68. The Balaban J connectivity index is 3.34. The number of methoxy groups -OCH3 is 1. The van der Waals surface area contributed by atoms with Crippen LogP contribution >= 0.6 is 11.6 Å². The van der Waals surface area contributed by atoms with Crippen LogP contribution in [0.4, 0.5) is 13.2 Å². The molecule has 3 nitrogen and oxygen atoms in total. The van der Waals surface area contributed by atoms with Crippen LogP contribution in [-0.2, 0) is 10.6 Å². The highest BCUT2D eigenvalue weighted by molar-refractivity contribution is 6.17. The number of alkyl halides is 3. The van der Waals surface area contributed by atoms with Gasteiger partial charge < -0.3 is 4.74 Å². The maximum atomic E-state index is 13.3. The summed E-state index contributed by atoms with van der Waals surface area (Å²) in [6.45, 7) is 0. The van der Waals surface area contributed by atoms with Gasteiger partial charge in [-0.1, -0.05) is 0 Å². The molecule has 0 aliphatic carbocycles. The van der Waals surface area contributed by atoms with Crippen LogP contribution in [0.5, 0.6) is 0 Å². The van der Waals surface area contributed by atoms with Gasteiger partial charge in [0.15, 0.2) is 5.82 Å². The summed E-state index contributed by atoms with van der Waals surface area (Å²) >= 11 is 5.36. The number of nitrogens with zero attached hydrogens (tertiary/aromatic N) is 1. The molecule has 0 fully saturated rings. The van der Waals surface area contributed by atoms with Crippen molar-refractivity contribution in [1.82, 2.24) is 4.98 Å². The van der Waals surface area contributed by atoms with Gasteiger partial charge in [0.25, 0.3) is 6.43 Å². The lowest BCUT2D eigenvalue weighted by Crippen LogP contribution is -2.10. The molecule has 0 amide bonds. The Labute approximate surface area is 94.2 Å². The van der Waals surface area contributed by atoms with Crippen LogP contribution in [0.1, 0.15) is 28.2 Å². The lowest BCUT2D eigenvalue weighted by Gasteiger charge is -2.07. The standard InChI is InChI=1S/C9H7ClF3NO2/c1-16-9(15)5-2-4(3-10)6(11)7(14-5)8(12)13/h2,8H,3H2,1H3. The van der Waals surface area contributed by atoms with Crippen molar-refractivity contribution in [1.29, 1.82) is 0 Å². The van der Waals surface area contributed by atoms with Crippen molar-refractivity contribution >= 4 is 17.6 Å². The molecule has 0 atom stereocenters. The normalized spacial score (nSPS) is 10.6. The van der Waals surface area contributed by atoms with E-state index in [0.717, 1.165) is 13.2 Å². The van der Waals surface area contributed by atoms with E-state index in [1.165, 1.54) is 0 Å². The third-order valence-electron chi connectivity index (χ3n) is 1.80. The molecule has 0 saturated carbocycles. The second kappa shape index (κ2) is 5.16. The molecule has 1 rings (SSSR count). The van der Waals surface area contributed by atoms with Crippen LogP contribution < -0.4 is 0 Å². The molecular weight excluding hydrogens is 247 g/mol. The summed E-state index contributed by atoms with van der Waals surface area (Å²) in [6, 6.07) is 0.986. The number of hydrogen-bond donors (Lipinski definition) is 0. The minimum Gasteiger partial charge on any atom is -0.464 e. The first-order valence-corrected chi connectivity index (χ1v) is 4.66. The highest BCUT2D eigenvalue weighted by atomic mass is 35.5. The predicted molar refractivity (Wildman–Crippen MR) is 50.0 cm³/mol. The number of aromatic nitrogens is 1. The molecule has 16 heavy (non-hydrogen) atoms. The summed E-state index contributed by atoms with van der Waals surface area (Å²) in [5.41, 5.74) is -1.71. The number of pyridine rings is 1. The fourth-order valence-electron chi connectivity index (χ4n) is 1.05. The van der Waals surface area contributed by atoms with Gasteiger partial charge in [0.1, 0.15) is 11.4 Å². The largest absolute Gasteiger partial charge is 0.464 e. The number of carbonyl (C=O) groups excluding carboxylic acids is 1. The fraction of sp³-hybridized carbons (Fsp3) is 0.333. The lowest BCUT2D eigenvalue weighted by atomic mass is 10.2. The van der Waals surface area contributed by atoms with Crippen molar-refractivity contribution in [3.63, 3.8) is 0 Å². The molecule has 0 bridgehead atoms. The van der Waals surface area contributed by atoms with E-state index in [4.69, 9.17) is 11.6 Å². The highest BCUT2D eigenvalue weighted by Crippen LogP contribution is 2.24. The summed E-state index contributed by atoms with van der Waals surface area (Å²) in [4.78, 5) is 14.3. The summed E-state index contributed by atoms with van der Waals surface area (Å²) in [5, 5.41) is 0. The molecule has 0 saturated heterocycles. The number of ether oxygens (including phenoxy) is 1. The highest BCUT2D eigenvalue weighted by Gasteiger charge is 2.22. The number of esters is 1. The molecule has 0 aliphatic rings. The third kappa shape index (κ3) is 2.44. The maximum absolute atomic E-state index is 13.3. The Morgan fingerprint density at radius 3 is 2.69 bits per heavy atom. The van der Waals surface area contributed by atoms with Gasteiger partial charge in [0, 0.05) is 5.56 Å². The second-order valence-electron chi connectivity index (χ2n) is 2.79. The SMILES string of the molecule is COC(=O)c1cc(CCl)c(F)c(C(F)F)n1. The molecule has 0 aliphatic heterocycles. The average Bonchev–Trinajstić information content (AvgIpc) is 2.27. The molecule has 0 radical (unpaired) electrons. The molecule has 7 heteroatoms. The van der Waals surface area contributed by atoms with Gasteiger partial charge in [-0.15, -0.1) is 11.6 Å². The quantitative estimate of drug-likeness (QED) is 0.614. The zero-order valence-corrected chi connectivity index (χ0v) is 8.89. The van der Waals surface area contributed by atoms with Gasteiger partial charge in [0.2, 0.25) is 0 Å². The molecule has 0 N–H and O–H groups in total. The summed E-state index contributed by atoms with van der Waals surface area (Å²) in [6.07, 6.45) is -3.12. The topological polar surface area (TPSA) is 39.2 Å². The van der Waals surface area contributed by atoms with Gasteiger partial charge in [-0.2, -0.15) is 0 Å². The Kier molecular flexibility index (Phi) is 4.12. The van der Waals surface area contributed by atoms with Gasteiger partial charge >= 0.3 is 5.97 Å². The molecule has 1 heterocycles. The Bertz CT molecular complexity index is 412. The van der Waals surface area contributed by atoms with Crippen LogP contribution in [-0.4, -0.2) is 18.1 Å². The number of carbonyl (C=O) groups is 1. The molecule has 1 aromatic rings. The summed E-state index contributed by atoms with van der Waals surface area (Å²) in [5.74, 6) is -2.45. The van der Waals surface area contributed by atoms with Gasteiger partial charge in [-0.25, -0.2) is 22.9 Å². The number of rotatable bonds is 3. The van der Waals surface area contributed by atoms with Crippen molar-refractivity contribution in [3.05, 3.63) is 28.8 Å². The van der Waals surface area contributed by atoms with Gasteiger partial charge in [0.05, 0.1) is 13.0 Å². The van der Waals surface area contributed by atoms with Crippen molar-refractivity contribution in [3.8, 4) is 0 Å². The Morgan fingerprint density at radius 2 is 2.25 bits per heavy atom. The minimum absolute atomic E-state index is 0.215. The second-order valence-corrected chi connectivity index (χ2v) is 3.06. The molecule has 0 spiro atoms. The van der Waals surface area contributed by atoms with Crippen LogP contribution in [0.15, 0.2) is 6.07 Å². The van der Waals surface area contributed by atoms with Crippen molar-refractivity contribution in [2.24, 2.45) is 0 Å². The fourth-order valence-corrected chi connectivity index (χ4v) is 1.25. The van der Waals surface area contributed by atoms with Crippen LogP contribution in [0.3, 0.4) is 0 Å². The first-order chi connectivity index (χ1) is 7.51. The van der Waals surface area contributed by atoms with Gasteiger partial charge in [-0.05, 0) is 6.07 Å². The minimum atomic E-state index is -3.12. The first kappa shape index (κ1) is 12.8. The molecule has 0 aromatic carbocycles. The van der Waals surface area contributed by atoms with Crippen molar-refractivity contribution in [2.75, 3.05) is 7.11 Å². The zero-order chi connectivity index (χ0) is 12.3. The van der Waals surface area contributed by atoms with Crippen LogP contribution in [0, 0.1) is 5.82 Å². The van der Waals surface area contributed by atoms with Crippen LogP contribution in [0.25, 0.3) is 0 Å². The van der Waals surface area contributed by atoms with E-state index in [9.17, 15) is 18.0 Å². The Hall–Kier alpha value is -1.30. The van der Waals surface area contributed by atoms with E-state index in [1.807, 2.05) is 0 Å². The van der Waals surface area contributed by atoms with Crippen LogP contribution in [0.2, 0.25) is 0 Å². The Morgan fingerprint density at radius 1 is 1.62 bits per heavy atom. The maximum Gasteiger partial charge on any atom is 0.356 e. The summed E-state index contributed by atoms with van der Waals surface area (Å²) in [7, 11) is 1.07. The third-order valence-corrected chi connectivity index (χ3v) is 2.09. The summed E-state index contributed by atoms with van der Waals surface area (Å²) < 4.78 is 42.4. The van der Waals surface area contributed by atoms with E-state index >= 15 is 0 Å². The molecule has 1 aromatic heterocycles. The van der Waals surface area contributed by atoms with E-state index in [1.54, 1.807) is 0 Å². The number of halogens is 4. The number of hydrogen-bond acceptors (Lipinski definition) is 3. The first-order valence-electron chi connectivity index (χ1n) is 4.13. The van der Waals surface area contributed by atoms with E-state index in [-0.39, 0.29) is 11.4 Å². The zero-order valence-electron chi connectivity index (χ0n) is 8.14. The molecular formula is C9H7ClF3NO2. The van der Waals surface area contributed by atoms with Gasteiger partial charge in [-0.3, -0.25) is 0 Å². The van der Waals surface area contributed by atoms with Crippen molar-refractivity contribution in [2.45, 2.75) is 12.3 Å². The molecule has 0 unspecified atom stereocenters. The lowest BCUT2D eigenvalue weighted by molar-refractivity contribution is 0.0591. The average molecular weight is 254 g/mol. The smallest absolute Gasteiger partial charge is 0.356 e. The molecule has 88 valence electrons. The van der Waals surface area contributed by atoms with E-state index in [2.05, 4.69) is 9.72 Å². The monoisotopic (exact) mass is 253 g/mol. The van der Waals surface area contributed by atoms with Crippen molar-refractivity contribution < 1.29 is 22.7 Å².